The summed E-state index contributed by atoms with van der Waals surface area (Å²) in [6, 6.07) is 44.5. The molecule has 0 saturated carbocycles. The zero-order valence-electron chi connectivity index (χ0n) is 20.5. The van der Waals surface area contributed by atoms with Gasteiger partial charge in [0.05, 0.1) is 27.8 Å². The Labute approximate surface area is 219 Å². The molecule has 0 N–H and O–H groups in total. The number of aromatic nitrogens is 4. The highest BCUT2D eigenvalue weighted by Crippen LogP contribution is 2.41. The van der Waals surface area contributed by atoms with Crippen LogP contribution >= 0.6 is 0 Å². The summed E-state index contributed by atoms with van der Waals surface area (Å²) >= 11 is 0. The van der Waals surface area contributed by atoms with Crippen molar-refractivity contribution < 1.29 is 0 Å². The normalized spacial score (nSPS) is 11.7. The van der Waals surface area contributed by atoms with Crippen LogP contribution in [-0.2, 0) is 0 Å². The van der Waals surface area contributed by atoms with Crippen molar-refractivity contribution in [3.8, 4) is 22.9 Å². The van der Waals surface area contributed by atoms with E-state index >= 15 is 0 Å². The maximum atomic E-state index is 5.09. The number of fused-ring (bicyclic) bond motifs is 7. The van der Waals surface area contributed by atoms with Crippen molar-refractivity contribution in [1.29, 1.82) is 0 Å². The molecule has 0 radical (unpaired) electrons. The van der Waals surface area contributed by atoms with Crippen molar-refractivity contribution in [2.45, 2.75) is 0 Å². The van der Waals surface area contributed by atoms with E-state index in [9.17, 15) is 0 Å². The molecule has 4 nitrogen and oxygen atoms in total. The van der Waals surface area contributed by atoms with Crippen molar-refractivity contribution >= 4 is 43.6 Å². The Balaban J connectivity index is 1.57. The van der Waals surface area contributed by atoms with Gasteiger partial charge in [-0.1, -0.05) is 97.1 Å². The summed E-state index contributed by atoms with van der Waals surface area (Å²) in [6.07, 6.45) is 1.86. The van der Waals surface area contributed by atoms with Gasteiger partial charge in [0.2, 0.25) is 5.95 Å². The molecule has 0 saturated heterocycles. The van der Waals surface area contributed by atoms with Crippen molar-refractivity contribution in [3.05, 3.63) is 134 Å². The van der Waals surface area contributed by atoms with E-state index in [0.717, 1.165) is 33.5 Å². The Morgan fingerprint density at radius 2 is 1.00 bits per heavy atom. The second-order valence-corrected chi connectivity index (χ2v) is 9.51. The zero-order chi connectivity index (χ0) is 25.1. The van der Waals surface area contributed by atoms with Crippen LogP contribution in [0.15, 0.2) is 134 Å². The third-order valence-electron chi connectivity index (χ3n) is 7.40. The van der Waals surface area contributed by atoms with Crippen LogP contribution in [0.3, 0.4) is 0 Å². The highest BCUT2D eigenvalue weighted by Gasteiger charge is 2.21. The molecule has 178 valence electrons. The SMILES string of the molecule is c1ccc(-c2ccnc(-n3c4ccccc4c4ccc5c6ccccc6n(-c6ccccc6)c5c43)n2)cc1. The fourth-order valence-corrected chi connectivity index (χ4v) is 5.78. The van der Waals surface area contributed by atoms with Gasteiger partial charge in [-0.2, -0.15) is 0 Å². The predicted molar refractivity (Wildman–Crippen MR) is 156 cm³/mol. The average Bonchev–Trinajstić information content (AvgIpc) is 3.51. The molecule has 0 aliphatic heterocycles. The summed E-state index contributed by atoms with van der Waals surface area (Å²) in [5.74, 6) is 0.662. The van der Waals surface area contributed by atoms with Crippen molar-refractivity contribution in [2.24, 2.45) is 0 Å². The topological polar surface area (TPSA) is 35.6 Å². The van der Waals surface area contributed by atoms with Gasteiger partial charge in [-0.3, -0.25) is 4.57 Å². The molecule has 0 unspecified atom stereocenters. The van der Waals surface area contributed by atoms with Crippen LogP contribution in [0.5, 0.6) is 0 Å². The maximum Gasteiger partial charge on any atom is 0.235 e. The van der Waals surface area contributed by atoms with Gasteiger partial charge in [-0.15, -0.1) is 0 Å². The molecule has 0 fully saturated rings. The Morgan fingerprint density at radius 1 is 0.447 bits per heavy atom. The first kappa shape index (κ1) is 20.9. The van der Waals surface area contributed by atoms with E-state index in [0.29, 0.717) is 5.95 Å². The Hall–Kier alpha value is -5.22. The lowest BCUT2D eigenvalue weighted by molar-refractivity contribution is 0.991. The van der Waals surface area contributed by atoms with E-state index in [1.54, 1.807) is 0 Å². The van der Waals surface area contributed by atoms with Crippen molar-refractivity contribution in [2.75, 3.05) is 0 Å². The van der Waals surface area contributed by atoms with Gasteiger partial charge in [-0.25, -0.2) is 9.97 Å². The lowest BCUT2D eigenvalue weighted by atomic mass is 10.1. The number of hydrogen-bond acceptors (Lipinski definition) is 2. The minimum Gasteiger partial charge on any atom is -0.307 e. The Morgan fingerprint density at radius 3 is 1.68 bits per heavy atom. The molecule has 8 aromatic rings. The summed E-state index contributed by atoms with van der Waals surface area (Å²) < 4.78 is 4.61. The molecule has 0 aliphatic carbocycles. The van der Waals surface area contributed by atoms with Crippen LogP contribution in [0.2, 0.25) is 0 Å². The van der Waals surface area contributed by atoms with E-state index in [-0.39, 0.29) is 0 Å². The summed E-state index contributed by atoms with van der Waals surface area (Å²) in [5, 5.41) is 4.80. The molecule has 3 aromatic heterocycles. The first-order valence-corrected chi connectivity index (χ1v) is 12.8. The third kappa shape index (κ3) is 2.98. The monoisotopic (exact) mass is 486 g/mol. The summed E-state index contributed by atoms with van der Waals surface area (Å²) in [7, 11) is 0. The van der Waals surface area contributed by atoms with Gasteiger partial charge < -0.3 is 4.57 Å². The van der Waals surface area contributed by atoms with E-state index in [1.807, 2.05) is 30.5 Å². The number of hydrogen-bond donors (Lipinski definition) is 0. The maximum absolute atomic E-state index is 5.09. The molecule has 8 rings (SSSR count). The molecular weight excluding hydrogens is 464 g/mol. The molecule has 0 amide bonds. The third-order valence-corrected chi connectivity index (χ3v) is 7.40. The van der Waals surface area contributed by atoms with Crippen LogP contribution in [0, 0.1) is 0 Å². The zero-order valence-corrected chi connectivity index (χ0v) is 20.5. The second-order valence-electron chi connectivity index (χ2n) is 9.51. The summed E-state index contributed by atoms with van der Waals surface area (Å²) in [5.41, 5.74) is 7.62. The highest BCUT2D eigenvalue weighted by atomic mass is 15.2. The summed E-state index contributed by atoms with van der Waals surface area (Å²) in [6.45, 7) is 0. The largest absolute Gasteiger partial charge is 0.307 e. The highest BCUT2D eigenvalue weighted by molar-refractivity contribution is 6.23. The minimum atomic E-state index is 0.662. The molecule has 38 heavy (non-hydrogen) atoms. The van der Waals surface area contributed by atoms with E-state index in [4.69, 9.17) is 9.97 Å². The van der Waals surface area contributed by atoms with E-state index in [2.05, 4.69) is 112 Å². The van der Waals surface area contributed by atoms with E-state index in [1.165, 1.54) is 27.1 Å². The Bertz CT molecular complexity index is 2120. The fourth-order valence-electron chi connectivity index (χ4n) is 5.78. The van der Waals surface area contributed by atoms with Crippen LogP contribution in [-0.4, -0.2) is 19.1 Å². The van der Waals surface area contributed by atoms with Crippen LogP contribution < -0.4 is 0 Å². The van der Waals surface area contributed by atoms with Crippen LogP contribution in [0.25, 0.3) is 66.5 Å². The number of para-hydroxylation sites is 3. The van der Waals surface area contributed by atoms with Crippen molar-refractivity contribution in [3.63, 3.8) is 0 Å². The van der Waals surface area contributed by atoms with Crippen molar-refractivity contribution in [1.82, 2.24) is 19.1 Å². The van der Waals surface area contributed by atoms with E-state index < -0.39 is 0 Å². The minimum absolute atomic E-state index is 0.662. The number of nitrogens with zero attached hydrogens (tertiary/aromatic N) is 4. The van der Waals surface area contributed by atoms with Gasteiger partial charge >= 0.3 is 0 Å². The molecule has 0 spiro atoms. The molecular formula is C34H22N4. The lowest BCUT2D eigenvalue weighted by Crippen LogP contribution is -2.03. The van der Waals surface area contributed by atoms with Gasteiger partial charge in [0.25, 0.3) is 0 Å². The molecule has 4 heteroatoms. The smallest absolute Gasteiger partial charge is 0.235 e. The van der Waals surface area contributed by atoms with Crippen LogP contribution in [0.1, 0.15) is 0 Å². The molecule has 0 bridgehead atoms. The van der Waals surface area contributed by atoms with Gasteiger partial charge in [0.15, 0.2) is 0 Å². The first-order valence-electron chi connectivity index (χ1n) is 12.8. The average molecular weight is 487 g/mol. The first-order chi connectivity index (χ1) is 18.9. The van der Waals surface area contributed by atoms with Gasteiger partial charge in [0, 0.05) is 39.0 Å². The Kier molecular flexibility index (Phi) is 4.49. The number of rotatable bonds is 3. The molecule has 5 aromatic carbocycles. The summed E-state index contributed by atoms with van der Waals surface area (Å²) in [4.78, 5) is 9.90. The molecule has 0 atom stereocenters. The predicted octanol–water partition coefficient (Wildman–Crippen LogP) is 8.34. The lowest BCUT2D eigenvalue weighted by Gasteiger charge is -2.12. The fraction of sp³-hybridized carbons (Fsp3) is 0. The van der Waals surface area contributed by atoms with Crippen LogP contribution in [0.4, 0.5) is 0 Å². The van der Waals surface area contributed by atoms with Gasteiger partial charge in [-0.05, 0) is 30.3 Å². The second kappa shape index (κ2) is 8.15. The molecule has 3 heterocycles. The van der Waals surface area contributed by atoms with Gasteiger partial charge in [0.1, 0.15) is 0 Å². The quantitative estimate of drug-likeness (QED) is 0.252. The number of benzene rings is 5. The standard InChI is InChI=1S/C34H22N4/c1-3-11-23(12-4-1)29-21-22-35-34(36-29)38-31-18-10-8-16-26(31)28-20-19-27-25-15-7-9-17-30(25)37(32(27)33(28)38)24-13-5-2-6-14-24/h1-22H. The molecule has 0 aliphatic rings.